The molecule has 0 radical (unpaired) electrons. The Hall–Kier alpha value is -2.38. The molecule has 1 amide bonds. The number of carbonyl (C=O) groups is 1. The SMILES string of the molecule is O=C(Cc1ccc(F)cn1)N1CCC2OCCN(Cc3cccnc3)C2CC1. The summed E-state index contributed by atoms with van der Waals surface area (Å²) in [4.78, 5) is 25.3. The zero-order valence-corrected chi connectivity index (χ0v) is 15.8. The third-order valence-corrected chi connectivity index (χ3v) is 5.57. The zero-order chi connectivity index (χ0) is 19.3. The van der Waals surface area contributed by atoms with Crippen LogP contribution in [-0.4, -0.2) is 64.1 Å². The number of halogens is 1. The molecule has 0 saturated carbocycles. The molecular weight excluding hydrogens is 359 g/mol. The quantitative estimate of drug-likeness (QED) is 0.808. The summed E-state index contributed by atoms with van der Waals surface area (Å²) in [6.45, 7) is 3.85. The molecule has 2 aliphatic heterocycles. The van der Waals surface area contributed by atoms with Crippen LogP contribution in [0, 0.1) is 5.82 Å². The number of hydrogen-bond donors (Lipinski definition) is 0. The number of morpholine rings is 1. The minimum Gasteiger partial charge on any atom is -0.375 e. The molecular formula is C21H25FN4O2. The maximum absolute atomic E-state index is 13.0. The Kier molecular flexibility index (Phi) is 5.92. The summed E-state index contributed by atoms with van der Waals surface area (Å²) < 4.78 is 19.1. The van der Waals surface area contributed by atoms with Crippen LogP contribution in [0.4, 0.5) is 4.39 Å². The van der Waals surface area contributed by atoms with Crippen LogP contribution in [0.25, 0.3) is 0 Å². The van der Waals surface area contributed by atoms with E-state index < -0.39 is 0 Å². The lowest BCUT2D eigenvalue weighted by Crippen LogP contribution is -2.50. The van der Waals surface area contributed by atoms with E-state index in [1.807, 2.05) is 17.2 Å². The van der Waals surface area contributed by atoms with Crippen LogP contribution in [0.1, 0.15) is 24.1 Å². The van der Waals surface area contributed by atoms with Crippen LogP contribution in [0.5, 0.6) is 0 Å². The highest BCUT2D eigenvalue weighted by Gasteiger charge is 2.35. The molecule has 0 aliphatic carbocycles. The lowest BCUT2D eigenvalue weighted by Gasteiger charge is -2.40. The molecule has 2 unspecified atom stereocenters. The van der Waals surface area contributed by atoms with Crippen molar-refractivity contribution < 1.29 is 13.9 Å². The van der Waals surface area contributed by atoms with E-state index in [0.717, 1.165) is 38.7 Å². The molecule has 2 atom stereocenters. The van der Waals surface area contributed by atoms with Gasteiger partial charge in [0.25, 0.3) is 0 Å². The first kappa shape index (κ1) is 19.0. The number of nitrogens with zero attached hydrogens (tertiary/aromatic N) is 4. The van der Waals surface area contributed by atoms with Crippen molar-refractivity contribution in [1.29, 1.82) is 0 Å². The van der Waals surface area contributed by atoms with Gasteiger partial charge in [-0.15, -0.1) is 0 Å². The highest BCUT2D eigenvalue weighted by atomic mass is 19.1. The molecule has 2 fully saturated rings. The van der Waals surface area contributed by atoms with E-state index in [-0.39, 0.29) is 24.2 Å². The Morgan fingerprint density at radius 1 is 1.18 bits per heavy atom. The monoisotopic (exact) mass is 384 g/mol. The number of aromatic nitrogens is 2. The fourth-order valence-corrected chi connectivity index (χ4v) is 4.11. The summed E-state index contributed by atoms with van der Waals surface area (Å²) in [6.07, 6.45) is 6.92. The highest BCUT2D eigenvalue weighted by Crippen LogP contribution is 2.25. The van der Waals surface area contributed by atoms with Gasteiger partial charge in [0.1, 0.15) is 5.82 Å². The lowest BCUT2D eigenvalue weighted by atomic mass is 10.0. The summed E-state index contributed by atoms with van der Waals surface area (Å²) >= 11 is 0. The van der Waals surface area contributed by atoms with Crippen LogP contribution in [0.3, 0.4) is 0 Å². The molecule has 28 heavy (non-hydrogen) atoms. The second-order valence-corrected chi connectivity index (χ2v) is 7.41. The van der Waals surface area contributed by atoms with E-state index in [1.165, 1.54) is 11.6 Å². The smallest absolute Gasteiger partial charge is 0.228 e. The third kappa shape index (κ3) is 4.54. The van der Waals surface area contributed by atoms with Gasteiger partial charge in [-0.25, -0.2) is 4.39 Å². The number of fused-ring (bicyclic) bond motifs is 1. The molecule has 7 heteroatoms. The molecule has 0 spiro atoms. The number of pyridine rings is 2. The van der Waals surface area contributed by atoms with Crippen LogP contribution >= 0.6 is 0 Å². The molecule has 2 aliphatic rings. The van der Waals surface area contributed by atoms with Gasteiger partial charge < -0.3 is 9.64 Å². The number of ether oxygens (including phenoxy) is 1. The summed E-state index contributed by atoms with van der Waals surface area (Å²) in [7, 11) is 0. The zero-order valence-electron chi connectivity index (χ0n) is 15.8. The van der Waals surface area contributed by atoms with Crippen molar-refractivity contribution in [2.24, 2.45) is 0 Å². The van der Waals surface area contributed by atoms with Crippen molar-refractivity contribution in [2.45, 2.75) is 38.0 Å². The van der Waals surface area contributed by atoms with Crippen molar-refractivity contribution in [3.05, 3.63) is 59.9 Å². The average molecular weight is 384 g/mol. The van der Waals surface area contributed by atoms with Gasteiger partial charge in [-0.05, 0) is 36.6 Å². The summed E-state index contributed by atoms with van der Waals surface area (Å²) in [5.74, 6) is -0.350. The topological polar surface area (TPSA) is 58.6 Å². The van der Waals surface area contributed by atoms with E-state index in [4.69, 9.17) is 4.74 Å². The van der Waals surface area contributed by atoms with Crippen molar-refractivity contribution in [2.75, 3.05) is 26.2 Å². The van der Waals surface area contributed by atoms with Gasteiger partial charge in [-0.1, -0.05) is 6.07 Å². The Labute approximate surface area is 164 Å². The largest absolute Gasteiger partial charge is 0.375 e. The Morgan fingerprint density at radius 2 is 2.07 bits per heavy atom. The number of carbonyl (C=O) groups excluding carboxylic acids is 1. The molecule has 4 heterocycles. The number of amides is 1. The van der Waals surface area contributed by atoms with Crippen molar-refractivity contribution in [1.82, 2.24) is 19.8 Å². The molecule has 4 rings (SSSR count). The van der Waals surface area contributed by atoms with E-state index in [2.05, 4.69) is 20.9 Å². The molecule has 6 nitrogen and oxygen atoms in total. The average Bonchev–Trinajstić information content (AvgIpc) is 2.94. The van der Waals surface area contributed by atoms with Gasteiger partial charge in [-0.2, -0.15) is 0 Å². The maximum Gasteiger partial charge on any atom is 0.228 e. The number of hydrogen-bond acceptors (Lipinski definition) is 5. The minimum atomic E-state index is -0.388. The van der Waals surface area contributed by atoms with E-state index in [0.29, 0.717) is 24.8 Å². The second-order valence-electron chi connectivity index (χ2n) is 7.41. The Morgan fingerprint density at radius 3 is 2.86 bits per heavy atom. The maximum atomic E-state index is 13.0. The first-order valence-electron chi connectivity index (χ1n) is 9.82. The molecule has 2 aromatic rings. The lowest BCUT2D eigenvalue weighted by molar-refractivity contribution is -0.130. The standard InChI is InChI=1S/C21H25FN4O2/c22-17-3-4-18(24-14-17)12-21(27)25-8-5-19-20(6-9-25)28-11-10-26(19)15-16-2-1-7-23-13-16/h1-4,7,13-14,19-20H,5-6,8-12,15H2. The van der Waals surface area contributed by atoms with Crippen molar-refractivity contribution in [3.8, 4) is 0 Å². The van der Waals surface area contributed by atoms with Crippen LogP contribution in [0.2, 0.25) is 0 Å². The fourth-order valence-electron chi connectivity index (χ4n) is 4.11. The Bertz CT molecular complexity index is 787. The van der Waals surface area contributed by atoms with Gasteiger partial charge in [0, 0.05) is 50.3 Å². The predicted octanol–water partition coefficient (Wildman–Crippen LogP) is 2.05. The predicted molar refractivity (Wildman–Crippen MR) is 102 cm³/mol. The van der Waals surface area contributed by atoms with Gasteiger partial charge in [0.2, 0.25) is 5.91 Å². The summed E-state index contributed by atoms with van der Waals surface area (Å²) in [5, 5.41) is 0. The van der Waals surface area contributed by atoms with Gasteiger partial charge in [0.05, 0.1) is 25.3 Å². The molecule has 0 aromatic carbocycles. The van der Waals surface area contributed by atoms with E-state index in [9.17, 15) is 9.18 Å². The fraction of sp³-hybridized carbons (Fsp3) is 0.476. The van der Waals surface area contributed by atoms with E-state index >= 15 is 0 Å². The first-order chi connectivity index (χ1) is 13.7. The number of rotatable bonds is 4. The Balaban J connectivity index is 1.38. The van der Waals surface area contributed by atoms with E-state index in [1.54, 1.807) is 12.3 Å². The van der Waals surface area contributed by atoms with Crippen molar-refractivity contribution >= 4 is 5.91 Å². The molecule has 148 valence electrons. The molecule has 2 aromatic heterocycles. The highest BCUT2D eigenvalue weighted by molar-refractivity contribution is 5.78. The summed E-state index contributed by atoms with van der Waals surface area (Å²) in [6, 6.07) is 7.28. The summed E-state index contributed by atoms with van der Waals surface area (Å²) in [5.41, 5.74) is 1.80. The van der Waals surface area contributed by atoms with Crippen LogP contribution < -0.4 is 0 Å². The van der Waals surface area contributed by atoms with Gasteiger partial charge in [0.15, 0.2) is 0 Å². The number of likely N-dealkylation sites (tertiary alicyclic amines) is 1. The third-order valence-electron chi connectivity index (χ3n) is 5.57. The normalized spacial score (nSPS) is 23.1. The minimum absolute atomic E-state index is 0.0385. The van der Waals surface area contributed by atoms with Gasteiger partial charge in [-0.3, -0.25) is 19.7 Å². The molecule has 0 bridgehead atoms. The van der Waals surface area contributed by atoms with Crippen LogP contribution in [-0.2, 0) is 22.5 Å². The molecule has 2 saturated heterocycles. The first-order valence-corrected chi connectivity index (χ1v) is 9.82. The second kappa shape index (κ2) is 8.75. The molecule has 0 N–H and O–H groups in total. The van der Waals surface area contributed by atoms with Crippen LogP contribution in [0.15, 0.2) is 42.9 Å². The van der Waals surface area contributed by atoms with Gasteiger partial charge >= 0.3 is 0 Å². The van der Waals surface area contributed by atoms with Crippen molar-refractivity contribution in [3.63, 3.8) is 0 Å².